The minimum Gasteiger partial charge on any atom is -0.478 e. The average molecular weight is 274 g/mol. The van der Waals surface area contributed by atoms with Gasteiger partial charge in [0.15, 0.2) is 12.0 Å². The van der Waals surface area contributed by atoms with Crippen LogP contribution in [-0.4, -0.2) is 12.0 Å². The molecule has 0 fully saturated rings. The number of carbonyl (C=O) groups excluding carboxylic acids is 1. The Labute approximate surface area is 115 Å². The SMILES string of the molecule is N#CC1C(N)OC2=C(C(=O)CCC2)C1c1cccs1. The van der Waals surface area contributed by atoms with Crippen molar-refractivity contribution in [3.63, 3.8) is 0 Å². The number of nitrogens with two attached hydrogens (primary N) is 1. The van der Waals surface area contributed by atoms with Crippen LogP contribution in [0.5, 0.6) is 0 Å². The van der Waals surface area contributed by atoms with Gasteiger partial charge >= 0.3 is 0 Å². The molecule has 0 bridgehead atoms. The monoisotopic (exact) mass is 274 g/mol. The van der Waals surface area contributed by atoms with Gasteiger partial charge in [-0.1, -0.05) is 6.07 Å². The molecule has 2 aliphatic rings. The van der Waals surface area contributed by atoms with Crippen LogP contribution in [0.25, 0.3) is 0 Å². The highest BCUT2D eigenvalue weighted by atomic mass is 32.1. The zero-order valence-electron chi connectivity index (χ0n) is 10.3. The number of nitrogens with zero attached hydrogens (tertiary/aromatic N) is 1. The maximum atomic E-state index is 12.2. The zero-order valence-corrected chi connectivity index (χ0v) is 11.2. The molecule has 1 aromatic heterocycles. The van der Waals surface area contributed by atoms with E-state index in [1.165, 1.54) is 0 Å². The number of rotatable bonds is 1. The van der Waals surface area contributed by atoms with Gasteiger partial charge in [0.2, 0.25) is 0 Å². The molecule has 1 aliphatic carbocycles. The predicted molar refractivity (Wildman–Crippen MR) is 71.1 cm³/mol. The molecule has 0 saturated carbocycles. The summed E-state index contributed by atoms with van der Waals surface area (Å²) in [6.45, 7) is 0. The van der Waals surface area contributed by atoms with Gasteiger partial charge in [0, 0.05) is 29.2 Å². The third kappa shape index (κ3) is 1.97. The molecule has 19 heavy (non-hydrogen) atoms. The molecule has 0 spiro atoms. The van der Waals surface area contributed by atoms with Crippen LogP contribution in [0.3, 0.4) is 0 Å². The second-order valence-corrected chi connectivity index (χ2v) is 5.82. The molecule has 0 aromatic carbocycles. The molecule has 5 heteroatoms. The minimum absolute atomic E-state index is 0.104. The van der Waals surface area contributed by atoms with E-state index in [9.17, 15) is 10.1 Å². The third-order valence-corrected chi connectivity index (χ3v) is 4.67. The minimum atomic E-state index is -0.651. The van der Waals surface area contributed by atoms with Crippen molar-refractivity contribution in [2.45, 2.75) is 31.4 Å². The van der Waals surface area contributed by atoms with Gasteiger partial charge in [0.1, 0.15) is 11.7 Å². The molecule has 1 aromatic rings. The van der Waals surface area contributed by atoms with Gasteiger partial charge in [-0.25, -0.2) is 0 Å². The molecule has 0 amide bonds. The summed E-state index contributed by atoms with van der Waals surface area (Å²) in [7, 11) is 0. The van der Waals surface area contributed by atoms with E-state index < -0.39 is 12.1 Å². The van der Waals surface area contributed by atoms with Crippen molar-refractivity contribution in [3.8, 4) is 6.07 Å². The molecular formula is C14H14N2O2S. The zero-order chi connectivity index (χ0) is 13.4. The van der Waals surface area contributed by atoms with E-state index in [4.69, 9.17) is 10.5 Å². The topological polar surface area (TPSA) is 76.1 Å². The Balaban J connectivity index is 2.13. The Morgan fingerprint density at radius 3 is 3.00 bits per heavy atom. The summed E-state index contributed by atoms with van der Waals surface area (Å²) in [5, 5.41) is 11.3. The molecule has 2 heterocycles. The van der Waals surface area contributed by atoms with Crippen molar-refractivity contribution < 1.29 is 9.53 Å². The molecule has 3 rings (SSSR count). The highest BCUT2D eigenvalue weighted by Gasteiger charge is 2.43. The van der Waals surface area contributed by atoms with Gasteiger partial charge in [0.05, 0.1) is 6.07 Å². The molecule has 0 radical (unpaired) electrons. The lowest BCUT2D eigenvalue weighted by Gasteiger charge is -2.37. The van der Waals surface area contributed by atoms with E-state index >= 15 is 0 Å². The van der Waals surface area contributed by atoms with Crippen molar-refractivity contribution in [2.24, 2.45) is 11.7 Å². The number of nitriles is 1. The summed E-state index contributed by atoms with van der Waals surface area (Å²) in [5.74, 6) is 0.0800. The van der Waals surface area contributed by atoms with Crippen LogP contribution in [0.15, 0.2) is 28.8 Å². The van der Waals surface area contributed by atoms with E-state index in [1.54, 1.807) is 11.3 Å². The highest BCUT2D eigenvalue weighted by Crippen LogP contribution is 2.45. The molecule has 4 nitrogen and oxygen atoms in total. The normalized spacial score (nSPS) is 30.5. The number of carbonyl (C=O) groups is 1. The molecule has 1 aliphatic heterocycles. The summed E-state index contributed by atoms with van der Waals surface area (Å²) in [5.41, 5.74) is 6.64. The van der Waals surface area contributed by atoms with Crippen LogP contribution in [0.2, 0.25) is 0 Å². The van der Waals surface area contributed by atoms with Gasteiger partial charge in [-0.05, 0) is 17.9 Å². The third-order valence-electron chi connectivity index (χ3n) is 3.71. The first kappa shape index (κ1) is 12.4. The van der Waals surface area contributed by atoms with Gasteiger partial charge < -0.3 is 4.74 Å². The maximum absolute atomic E-state index is 12.2. The van der Waals surface area contributed by atoms with Crippen molar-refractivity contribution in [3.05, 3.63) is 33.7 Å². The average Bonchev–Trinajstić information content (AvgIpc) is 2.91. The molecule has 3 atom stereocenters. The van der Waals surface area contributed by atoms with Crippen molar-refractivity contribution >= 4 is 17.1 Å². The first-order valence-electron chi connectivity index (χ1n) is 6.34. The molecular weight excluding hydrogens is 260 g/mol. The lowest BCUT2D eigenvalue weighted by molar-refractivity contribution is -0.117. The number of allylic oxidation sites excluding steroid dienone is 2. The number of thiophene rings is 1. The summed E-state index contributed by atoms with van der Waals surface area (Å²) >= 11 is 1.56. The van der Waals surface area contributed by atoms with Crippen molar-refractivity contribution in [1.29, 1.82) is 5.26 Å². The lowest BCUT2D eigenvalue weighted by Crippen LogP contribution is -2.42. The Bertz CT molecular complexity index is 571. The van der Waals surface area contributed by atoms with E-state index in [0.29, 0.717) is 17.8 Å². The fraction of sp³-hybridized carbons (Fsp3) is 0.429. The largest absolute Gasteiger partial charge is 0.478 e. The predicted octanol–water partition coefficient (Wildman–Crippen LogP) is 2.29. The second-order valence-electron chi connectivity index (χ2n) is 4.84. The van der Waals surface area contributed by atoms with Gasteiger partial charge in [-0.15, -0.1) is 11.3 Å². The van der Waals surface area contributed by atoms with Crippen LogP contribution in [0, 0.1) is 17.2 Å². The first-order chi connectivity index (χ1) is 9.22. The number of ether oxygens (including phenoxy) is 1. The molecule has 2 N–H and O–H groups in total. The smallest absolute Gasteiger partial charge is 0.164 e. The Hall–Kier alpha value is -1.64. The summed E-state index contributed by atoms with van der Waals surface area (Å²) in [6, 6.07) is 6.11. The van der Waals surface area contributed by atoms with Crippen LogP contribution in [0.1, 0.15) is 30.1 Å². The lowest BCUT2D eigenvalue weighted by atomic mass is 9.76. The fourth-order valence-electron chi connectivity index (χ4n) is 2.85. The van der Waals surface area contributed by atoms with Crippen molar-refractivity contribution in [1.82, 2.24) is 0 Å². The van der Waals surface area contributed by atoms with Crippen LogP contribution < -0.4 is 5.73 Å². The standard InChI is InChI=1S/C14H14N2O2S/c15-7-8-12(11-5-2-6-19-11)13-9(17)3-1-4-10(13)18-14(8)16/h2,5-6,8,12,14H,1,3-4,16H2. The van der Waals surface area contributed by atoms with E-state index in [1.807, 2.05) is 17.5 Å². The quantitative estimate of drug-likeness (QED) is 0.852. The first-order valence-corrected chi connectivity index (χ1v) is 7.22. The van der Waals surface area contributed by atoms with E-state index in [2.05, 4.69) is 6.07 Å². The second kappa shape index (κ2) is 4.80. The maximum Gasteiger partial charge on any atom is 0.164 e. The fourth-order valence-corrected chi connectivity index (χ4v) is 3.73. The Morgan fingerprint density at radius 1 is 1.47 bits per heavy atom. The Kier molecular flexibility index (Phi) is 3.13. The van der Waals surface area contributed by atoms with E-state index in [0.717, 1.165) is 17.7 Å². The number of ketones is 1. The summed E-state index contributed by atoms with van der Waals surface area (Å²) in [4.78, 5) is 13.2. The molecule has 3 unspecified atom stereocenters. The molecule has 0 saturated heterocycles. The van der Waals surface area contributed by atoms with Gasteiger partial charge in [0.25, 0.3) is 0 Å². The molecule has 98 valence electrons. The van der Waals surface area contributed by atoms with Crippen molar-refractivity contribution in [2.75, 3.05) is 0 Å². The number of hydrogen-bond donors (Lipinski definition) is 1. The van der Waals surface area contributed by atoms with Crippen LogP contribution in [-0.2, 0) is 9.53 Å². The van der Waals surface area contributed by atoms with Crippen LogP contribution in [0.4, 0.5) is 0 Å². The number of Topliss-reactive ketones (excluding diaryl/α,β-unsaturated/α-hetero) is 1. The summed E-state index contributed by atoms with van der Waals surface area (Å²) < 4.78 is 5.61. The van der Waals surface area contributed by atoms with Crippen LogP contribution >= 0.6 is 11.3 Å². The van der Waals surface area contributed by atoms with E-state index in [-0.39, 0.29) is 11.7 Å². The highest BCUT2D eigenvalue weighted by molar-refractivity contribution is 7.10. The summed E-state index contributed by atoms with van der Waals surface area (Å²) in [6.07, 6.45) is 1.44. The van der Waals surface area contributed by atoms with Gasteiger partial charge in [-0.3, -0.25) is 10.5 Å². The number of hydrogen-bond acceptors (Lipinski definition) is 5. The Morgan fingerprint density at radius 2 is 2.32 bits per heavy atom. The van der Waals surface area contributed by atoms with Gasteiger partial charge in [-0.2, -0.15) is 5.26 Å².